The first-order valence-electron chi connectivity index (χ1n) is 10.1. The number of barbiturate groups is 1. The molecule has 0 aliphatic carbocycles. The van der Waals surface area contributed by atoms with Gasteiger partial charge in [-0.1, -0.05) is 63.4 Å². The van der Waals surface area contributed by atoms with Crippen LogP contribution < -0.4 is 15.0 Å². The molecule has 1 heterocycles. The number of rotatable bonds is 5. The molecule has 0 saturated carbocycles. The first-order valence-corrected chi connectivity index (χ1v) is 11.6. The molecule has 0 atom stereocenters. The summed E-state index contributed by atoms with van der Waals surface area (Å²) in [7, 11) is 0. The van der Waals surface area contributed by atoms with Crippen LogP contribution in [-0.2, 0) is 16.2 Å². The second-order valence-corrected chi connectivity index (χ2v) is 9.25. The molecular formula is C25H17BrCl2N2O4. The quantitative estimate of drug-likeness (QED) is 0.293. The highest BCUT2D eigenvalue weighted by Crippen LogP contribution is 2.30. The van der Waals surface area contributed by atoms with Gasteiger partial charge < -0.3 is 4.74 Å². The number of imide groups is 2. The lowest BCUT2D eigenvalue weighted by molar-refractivity contribution is -0.122. The van der Waals surface area contributed by atoms with Gasteiger partial charge in [0.05, 0.1) is 10.7 Å². The van der Waals surface area contributed by atoms with Crippen LogP contribution in [0.4, 0.5) is 10.5 Å². The second-order valence-electron chi connectivity index (χ2n) is 7.49. The Bertz CT molecular complexity index is 1340. The minimum Gasteiger partial charge on any atom is -0.487 e. The van der Waals surface area contributed by atoms with Crippen molar-refractivity contribution in [1.82, 2.24) is 5.32 Å². The molecule has 0 radical (unpaired) electrons. The average Bonchev–Trinajstić information content (AvgIpc) is 2.79. The average molecular weight is 560 g/mol. The minimum absolute atomic E-state index is 0.210. The summed E-state index contributed by atoms with van der Waals surface area (Å²) in [5.74, 6) is -1.10. The second kappa shape index (κ2) is 10.0. The molecule has 4 amide bonds. The molecule has 172 valence electrons. The summed E-state index contributed by atoms with van der Waals surface area (Å²) in [6.45, 7) is 2.06. The Morgan fingerprint density at radius 2 is 1.74 bits per heavy atom. The third-order valence-electron chi connectivity index (χ3n) is 5.09. The third-order valence-corrected chi connectivity index (χ3v) is 6.15. The lowest BCUT2D eigenvalue weighted by atomic mass is 10.1. The first-order chi connectivity index (χ1) is 16.2. The number of hydrogen-bond donors (Lipinski definition) is 1. The highest BCUT2D eigenvalue weighted by atomic mass is 79.9. The number of anilines is 1. The van der Waals surface area contributed by atoms with Crippen LogP contribution in [-0.4, -0.2) is 17.8 Å². The number of halogens is 3. The van der Waals surface area contributed by atoms with Gasteiger partial charge in [0.25, 0.3) is 11.8 Å². The largest absolute Gasteiger partial charge is 0.487 e. The van der Waals surface area contributed by atoms with Gasteiger partial charge in [0, 0.05) is 9.50 Å². The Hall–Kier alpha value is -3.13. The maximum Gasteiger partial charge on any atom is 0.335 e. The maximum atomic E-state index is 13.1. The van der Waals surface area contributed by atoms with Crippen LogP contribution in [0.2, 0.25) is 10.0 Å². The van der Waals surface area contributed by atoms with Gasteiger partial charge in [-0.05, 0) is 66.1 Å². The topological polar surface area (TPSA) is 75.7 Å². The zero-order chi connectivity index (χ0) is 24.4. The molecule has 0 bridgehead atoms. The fourth-order valence-electron chi connectivity index (χ4n) is 3.33. The summed E-state index contributed by atoms with van der Waals surface area (Å²) >= 11 is 15.8. The number of hydrogen-bond acceptors (Lipinski definition) is 4. The third kappa shape index (κ3) is 5.17. The van der Waals surface area contributed by atoms with E-state index in [2.05, 4.69) is 21.2 Å². The van der Waals surface area contributed by atoms with Crippen molar-refractivity contribution in [3.8, 4) is 5.75 Å². The number of carbonyl (C=O) groups is 3. The maximum absolute atomic E-state index is 13.1. The Morgan fingerprint density at radius 1 is 1.00 bits per heavy atom. The van der Waals surface area contributed by atoms with E-state index in [4.69, 9.17) is 27.9 Å². The van der Waals surface area contributed by atoms with E-state index >= 15 is 0 Å². The van der Waals surface area contributed by atoms with Gasteiger partial charge >= 0.3 is 6.03 Å². The molecule has 0 spiro atoms. The highest BCUT2D eigenvalue weighted by molar-refractivity contribution is 9.10. The molecule has 3 aromatic rings. The van der Waals surface area contributed by atoms with E-state index in [9.17, 15) is 14.4 Å². The lowest BCUT2D eigenvalue weighted by Crippen LogP contribution is -2.54. The van der Waals surface area contributed by atoms with Gasteiger partial charge in [-0.3, -0.25) is 14.9 Å². The van der Waals surface area contributed by atoms with Crippen molar-refractivity contribution in [2.75, 3.05) is 4.90 Å². The van der Waals surface area contributed by atoms with Gasteiger partial charge in [-0.15, -0.1) is 0 Å². The van der Waals surface area contributed by atoms with Crippen molar-refractivity contribution >= 4 is 68.7 Å². The van der Waals surface area contributed by atoms with Crippen LogP contribution in [0.15, 0.2) is 70.7 Å². The monoisotopic (exact) mass is 558 g/mol. The molecule has 4 rings (SSSR count). The molecule has 9 heteroatoms. The van der Waals surface area contributed by atoms with E-state index in [-0.39, 0.29) is 5.57 Å². The van der Waals surface area contributed by atoms with Crippen molar-refractivity contribution in [1.29, 1.82) is 0 Å². The van der Waals surface area contributed by atoms with Gasteiger partial charge in [0.15, 0.2) is 0 Å². The summed E-state index contributed by atoms with van der Waals surface area (Å²) in [5, 5.41) is 2.87. The predicted octanol–water partition coefficient (Wildman–Crippen LogP) is 6.31. The van der Waals surface area contributed by atoms with Gasteiger partial charge in [0.2, 0.25) is 0 Å². The summed E-state index contributed by atoms with van der Waals surface area (Å²) in [6.07, 6.45) is 1.38. The summed E-state index contributed by atoms with van der Waals surface area (Å²) < 4.78 is 6.75. The van der Waals surface area contributed by atoms with Crippen LogP contribution in [0.5, 0.6) is 5.75 Å². The standard InChI is InChI=1S/C25H17BrCl2N2O4/c1-14-2-8-18(27)12-21(14)30-24(32)19(23(31)29-25(30)33)10-16-5-9-22(20(28)11-16)34-13-15-3-6-17(26)7-4-15/h2-12H,13H2,1H3,(H,29,31,33)/b19-10+. The van der Waals surface area contributed by atoms with Crippen LogP contribution in [0.25, 0.3) is 6.08 Å². The molecule has 34 heavy (non-hydrogen) atoms. The normalized spacial score (nSPS) is 15.0. The van der Waals surface area contributed by atoms with E-state index in [0.717, 1.165) is 14.9 Å². The molecule has 1 aliphatic heterocycles. The van der Waals surface area contributed by atoms with Crippen molar-refractivity contribution in [3.63, 3.8) is 0 Å². The molecule has 0 aromatic heterocycles. The first kappa shape index (κ1) is 24.0. The van der Waals surface area contributed by atoms with E-state index in [1.165, 1.54) is 12.1 Å². The number of amides is 4. The molecule has 1 fully saturated rings. The number of nitrogens with one attached hydrogen (secondary N) is 1. The van der Waals surface area contributed by atoms with Gasteiger partial charge in [-0.2, -0.15) is 0 Å². The van der Waals surface area contributed by atoms with E-state index in [0.29, 0.717) is 39.2 Å². The van der Waals surface area contributed by atoms with Crippen LogP contribution in [0, 0.1) is 6.92 Å². The molecule has 6 nitrogen and oxygen atoms in total. The van der Waals surface area contributed by atoms with Crippen molar-refractivity contribution in [2.24, 2.45) is 0 Å². The summed E-state index contributed by atoms with van der Waals surface area (Å²) in [4.78, 5) is 38.9. The number of aryl methyl sites for hydroxylation is 1. The molecule has 1 saturated heterocycles. The number of benzene rings is 3. The van der Waals surface area contributed by atoms with Crippen molar-refractivity contribution < 1.29 is 19.1 Å². The molecular weight excluding hydrogens is 543 g/mol. The Kier molecular flexibility index (Phi) is 7.07. The smallest absolute Gasteiger partial charge is 0.335 e. The fraction of sp³-hybridized carbons (Fsp3) is 0.0800. The Labute approximate surface area is 214 Å². The zero-order valence-corrected chi connectivity index (χ0v) is 20.9. The summed E-state index contributed by atoms with van der Waals surface area (Å²) in [5.41, 5.74) is 2.20. The Balaban J connectivity index is 1.58. The Morgan fingerprint density at radius 3 is 2.44 bits per heavy atom. The van der Waals surface area contributed by atoms with E-state index in [1.54, 1.807) is 37.3 Å². The SMILES string of the molecule is Cc1ccc(Cl)cc1N1C(=O)NC(=O)/C(=C\c2ccc(OCc3ccc(Br)cc3)c(Cl)c2)C1=O. The number of nitrogens with zero attached hydrogens (tertiary/aromatic N) is 1. The molecule has 1 N–H and O–H groups in total. The zero-order valence-electron chi connectivity index (χ0n) is 17.8. The predicted molar refractivity (Wildman–Crippen MR) is 135 cm³/mol. The van der Waals surface area contributed by atoms with Crippen LogP contribution in [0.3, 0.4) is 0 Å². The van der Waals surface area contributed by atoms with Gasteiger partial charge in [0.1, 0.15) is 17.9 Å². The minimum atomic E-state index is -0.841. The summed E-state index contributed by atoms with van der Waals surface area (Å²) in [6, 6.07) is 16.6. The van der Waals surface area contributed by atoms with Crippen molar-refractivity contribution in [3.05, 3.63) is 97.4 Å². The lowest BCUT2D eigenvalue weighted by Gasteiger charge is -2.27. The van der Waals surface area contributed by atoms with Crippen LogP contribution >= 0.6 is 39.1 Å². The van der Waals surface area contributed by atoms with E-state index in [1.807, 2.05) is 24.3 Å². The molecule has 3 aromatic carbocycles. The molecule has 0 unspecified atom stereocenters. The number of ether oxygens (including phenoxy) is 1. The number of urea groups is 1. The molecule has 1 aliphatic rings. The van der Waals surface area contributed by atoms with E-state index < -0.39 is 17.8 Å². The number of carbonyl (C=O) groups excluding carboxylic acids is 3. The van der Waals surface area contributed by atoms with Crippen LogP contribution in [0.1, 0.15) is 16.7 Å². The van der Waals surface area contributed by atoms with Crippen molar-refractivity contribution in [2.45, 2.75) is 13.5 Å². The highest BCUT2D eigenvalue weighted by Gasteiger charge is 2.37. The fourth-order valence-corrected chi connectivity index (χ4v) is 4.01. The van der Waals surface area contributed by atoms with Gasteiger partial charge in [-0.25, -0.2) is 9.69 Å².